The van der Waals surface area contributed by atoms with Crippen molar-refractivity contribution in [1.29, 1.82) is 0 Å². The third-order valence-corrected chi connectivity index (χ3v) is 4.13. The van der Waals surface area contributed by atoms with Crippen molar-refractivity contribution in [2.45, 2.75) is 36.9 Å². The molecule has 0 aliphatic heterocycles. The Morgan fingerprint density at radius 2 is 1.70 bits per heavy atom. The van der Waals surface area contributed by atoms with Gasteiger partial charge in [0.25, 0.3) is 0 Å². The number of nitrogens with two attached hydrogens (primary N) is 1. The van der Waals surface area contributed by atoms with Gasteiger partial charge in [0.15, 0.2) is 0 Å². The summed E-state index contributed by atoms with van der Waals surface area (Å²) in [6, 6.07) is 6.02. The van der Waals surface area contributed by atoms with E-state index >= 15 is 0 Å². The molecule has 0 amide bonds. The molecule has 0 saturated carbocycles. The van der Waals surface area contributed by atoms with Crippen LogP contribution in [0.15, 0.2) is 29.2 Å². The lowest BCUT2D eigenvalue weighted by Gasteiger charge is -2.08. The van der Waals surface area contributed by atoms with Crippen LogP contribution in [0.25, 0.3) is 0 Å². The molecule has 0 bridgehead atoms. The highest BCUT2D eigenvalue weighted by Crippen LogP contribution is 2.22. The van der Waals surface area contributed by atoms with Crippen LogP contribution >= 0.6 is 0 Å². The molecule has 4 nitrogen and oxygen atoms in total. The van der Waals surface area contributed by atoms with Crippen LogP contribution in [0.5, 0.6) is 0 Å². The summed E-state index contributed by atoms with van der Waals surface area (Å²) in [6.45, 7) is 0.294. The van der Waals surface area contributed by atoms with Gasteiger partial charge in [-0.05, 0) is 30.5 Å². The van der Waals surface area contributed by atoms with Gasteiger partial charge in [0.2, 0.25) is 10.0 Å². The summed E-state index contributed by atoms with van der Waals surface area (Å²) in [4.78, 5) is 0.0746. The van der Waals surface area contributed by atoms with Crippen LogP contribution in [0.3, 0.4) is 0 Å². The standard InChI is InChI=1S/C12H17F3N2O2S/c13-12(14,15)7-1-2-8-17-20(18,19)11-5-3-10(9-16)4-6-11/h3-6,17H,1-2,7-9,16H2. The van der Waals surface area contributed by atoms with E-state index in [1.165, 1.54) is 12.1 Å². The zero-order valence-corrected chi connectivity index (χ0v) is 11.6. The number of nitrogens with one attached hydrogen (secondary N) is 1. The smallest absolute Gasteiger partial charge is 0.326 e. The van der Waals surface area contributed by atoms with E-state index in [-0.39, 0.29) is 24.3 Å². The molecule has 0 saturated heterocycles. The summed E-state index contributed by atoms with van der Waals surface area (Å²) in [5.41, 5.74) is 6.20. The van der Waals surface area contributed by atoms with E-state index < -0.39 is 22.6 Å². The minimum Gasteiger partial charge on any atom is -0.326 e. The number of hydrogen-bond acceptors (Lipinski definition) is 3. The van der Waals surface area contributed by atoms with Gasteiger partial charge in [-0.25, -0.2) is 13.1 Å². The Balaban J connectivity index is 2.45. The van der Waals surface area contributed by atoms with Crippen molar-refractivity contribution >= 4 is 10.0 Å². The van der Waals surface area contributed by atoms with Crippen molar-refractivity contribution < 1.29 is 21.6 Å². The van der Waals surface area contributed by atoms with Crippen LogP contribution in [0.4, 0.5) is 13.2 Å². The minimum atomic E-state index is -4.20. The minimum absolute atomic E-state index is 0.0168. The Morgan fingerprint density at radius 3 is 2.20 bits per heavy atom. The molecule has 0 radical (unpaired) electrons. The molecule has 1 aromatic carbocycles. The van der Waals surface area contributed by atoms with Crippen LogP contribution in [0.1, 0.15) is 24.8 Å². The quantitative estimate of drug-likeness (QED) is 0.758. The molecule has 0 aliphatic carbocycles. The number of halogens is 3. The molecule has 0 atom stereocenters. The Morgan fingerprint density at radius 1 is 1.10 bits per heavy atom. The monoisotopic (exact) mass is 310 g/mol. The SMILES string of the molecule is NCc1ccc(S(=O)(=O)NCCCCC(F)(F)F)cc1. The summed E-state index contributed by atoms with van der Waals surface area (Å²) in [6.07, 6.45) is -5.06. The molecule has 114 valence electrons. The summed E-state index contributed by atoms with van der Waals surface area (Å²) < 4.78 is 61.6. The maximum Gasteiger partial charge on any atom is 0.389 e. The Kier molecular flexibility index (Phi) is 5.97. The predicted octanol–water partition coefficient (Wildman–Crippen LogP) is 2.16. The maximum absolute atomic E-state index is 11.9. The molecule has 0 heterocycles. The average Bonchev–Trinajstić information content (AvgIpc) is 2.37. The first-order valence-electron chi connectivity index (χ1n) is 6.10. The molecule has 8 heteroatoms. The second-order valence-corrected chi connectivity index (χ2v) is 6.09. The van der Waals surface area contributed by atoms with Gasteiger partial charge < -0.3 is 5.73 Å². The third kappa shape index (κ3) is 5.89. The Labute approximate surface area is 116 Å². The molecule has 1 rings (SSSR count). The van der Waals surface area contributed by atoms with Gasteiger partial charge in [-0.15, -0.1) is 0 Å². The fourth-order valence-corrected chi connectivity index (χ4v) is 2.62. The predicted molar refractivity (Wildman–Crippen MR) is 69.4 cm³/mol. The maximum atomic E-state index is 11.9. The van der Waals surface area contributed by atoms with Gasteiger partial charge in [0, 0.05) is 19.5 Å². The van der Waals surface area contributed by atoms with Gasteiger partial charge in [-0.1, -0.05) is 12.1 Å². The number of alkyl halides is 3. The van der Waals surface area contributed by atoms with E-state index in [0.717, 1.165) is 5.56 Å². The van der Waals surface area contributed by atoms with Crippen LogP contribution < -0.4 is 10.5 Å². The van der Waals surface area contributed by atoms with Crippen LogP contribution in [0.2, 0.25) is 0 Å². The summed E-state index contributed by atoms with van der Waals surface area (Å²) >= 11 is 0. The first-order chi connectivity index (χ1) is 9.24. The first-order valence-corrected chi connectivity index (χ1v) is 7.58. The number of benzene rings is 1. The first kappa shape index (κ1) is 16.9. The van der Waals surface area contributed by atoms with Crippen molar-refractivity contribution in [3.63, 3.8) is 0 Å². The number of sulfonamides is 1. The molecule has 0 unspecified atom stereocenters. The zero-order valence-electron chi connectivity index (χ0n) is 10.8. The van der Waals surface area contributed by atoms with Crippen LogP contribution in [0, 0.1) is 0 Å². The highest BCUT2D eigenvalue weighted by Gasteiger charge is 2.25. The van der Waals surface area contributed by atoms with Crippen molar-refractivity contribution in [3.05, 3.63) is 29.8 Å². The largest absolute Gasteiger partial charge is 0.389 e. The van der Waals surface area contributed by atoms with Crippen LogP contribution in [-0.2, 0) is 16.6 Å². The van der Waals surface area contributed by atoms with Crippen molar-refractivity contribution in [3.8, 4) is 0 Å². The normalized spacial score (nSPS) is 12.6. The third-order valence-electron chi connectivity index (χ3n) is 2.65. The number of rotatable bonds is 7. The Bertz CT molecular complexity index is 512. The molecule has 0 aliphatic rings. The molecule has 0 aromatic heterocycles. The van der Waals surface area contributed by atoms with E-state index in [4.69, 9.17) is 5.73 Å². The highest BCUT2D eigenvalue weighted by atomic mass is 32.2. The molecular weight excluding hydrogens is 293 g/mol. The van der Waals surface area contributed by atoms with E-state index in [2.05, 4.69) is 4.72 Å². The van der Waals surface area contributed by atoms with E-state index in [9.17, 15) is 21.6 Å². The lowest BCUT2D eigenvalue weighted by atomic mass is 10.2. The Hall–Kier alpha value is -1.12. The molecule has 1 aromatic rings. The molecular formula is C12H17F3N2O2S. The van der Waals surface area contributed by atoms with Crippen molar-refractivity contribution in [2.24, 2.45) is 5.73 Å². The van der Waals surface area contributed by atoms with Gasteiger partial charge in [0.1, 0.15) is 0 Å². The lowest BCUT2D eigenvalue weighted by molar-refractivity contribution is -0.135. The van der Waals surface area contributed by atoms with Crippen molar-refractivity contribution in [1.82, 2.24) is 4.72 Å². The molecule has 20 heavy (non-hydrogen) atoms. The van der Waals surface area contributed by atoms with Gasteiger partial charge >= 0.3 is 6.18 Å². The summed E-state index contributed by atoms with van der Waals surface area (Å²) in [5.74, 6) is 0. The van der Waals surface area contributed by atoms with Gasteiger partial charge in [0.05, 0.1) is 4.90 Å². The molecule has 0 spiro atoms. The fourth-order valence-electron chi connectivity index (χ4n) is 1.55. The number of hydrogen-bond donors (Lipinski definition) is 2. The lowest BCUT2D eigenvalue weighted by Crippen LogP contribution is -2.25. The molecule has 3 N–H and O–H groups in total. The van der Waals surface area contributed by atoms with Crippen LogP contribution in [-0.4, -0.2) is 21.1 Å². The average molecular weight is 310 g/mol. The topological polar surface area (TPSA) is 72.2 Å². The second kappa shape index (κ2) is 7.05. The van der Waals surface area contributed by atoms with Gasteiger partial charge in [-0.3, -0.25) is 0 Å². The van der Waals surface area contributed by atoms with Crippen molar-refractivity contribution in [2.75, 3.05) is 6.54 Å². The van der Waals surface area contributed by atoms with E-state index in [0.29, 0.717) is 6.54 Å². The number of unbranched alkanes of at least 4 members (excludes halogenated alkanes) is 1. The zero-order chi connectivity index (χ0) is 15.2. The van der Waals surface area contributed by atoms with E-state index in [1.807, 2.05) is 0 Å². The van der Waals surface area contributed by atoms with E-state index in [1.54, 1.807) is 12.1 Å². The summed E-state index contributed by atoms with van der Waals surface area (Å²) in [5, 5.41) is 0. The highest BCUT2D eigenvalue weighted by molar-refractivity contribution is 7.89. The second-order valence-electron chi connectivity index (χ2n) is 4.32. The molecule has 0 fully saturated rings. The summed E-state index contributed by atoms with van der Waals surface area (Å²) in [7, 11) is -3.67. The fraction of sp³-hybridized carbons (Fsp3) is 0.500. The van der Waals surface area contributed by atoms with Gasteiger partial charge in [-0.2, -0.15) is 13.2 Å².